The molecule has 11 heteroatoms. The number of piperazine rings is 1. The number of rotatable bonds is 2. The number of hydrogen-bond donors (Lipinski definition) is 0. The van der Waals surface area contributed by atoms with Crippen LogP contribution in [-0.2, 0) is 25.5 Å². The van der Waals surface area contributed by atoms with Gasteiger partial charge in [-0.1, -0.05) is 12.1 Å². The lowest BCUT2D eigenvalue weighted by atomic mass is 9.95. The van der Waals surface area contributed by atoms with Crippen molar-refractivity contribution >= 4 is 21.8 Å². The first-order chi connectivity index (χ1) is 15.2. The number of carbonyl (C=O) groups excluding carboxylic acids is 2. The van der Waals surface area contributed by atoms with E-state index in [-0.39, 0.29) is 55.5 Å². The average Bonchev–Trinajstić information content (AvgIpc) is 2.71. The molecule has 0 radical (unpaired) electrons. The standard InChI is InChI=1S/C22H29F3N2O5S/c1-21(2,3)32-20(29)26-9-10-27(19(28)15-7-11-33(30,31)12-8-15)18(14-26)16-5-4-6-17(13-16)22(23,24)25/h4-6,13,15,18H,7-12,14H2,1-3H3. The van der Waals surface area contributed by atoms with Gasteiger partial charge in [0.1, 0.15) is 15.4 Å². The summed E-state index contributed by atoms with van der Waals surface area (Å²) < 4.78 is 68.9. The van der Waals surface area contributed by atoms with Crippen LogP contribution in [0.2, 0.25) is 0 Å². The third kappa shape index (κ3) is 6.39. The quantitative estimate of drug-likeness (QED) is 0.632. The molecule has 1 unspecified atom stereocenters. The minimum atomic E-state index is -4.55. The lowest BCUT2D eigenvalue weighted by Crippen LogP contribution is -2.54. The van der Waals surface area contributed by atoms with Crippen molar-refractivity contribution in [1.29, 1.82) is 0 Å². The van der Waals surface area contributed by atoms with Gasteiger partial charge in [-0.25, -0.2) is 13.2 Å². The summed E-state index contributed by atoms with van der Waals surface area (Å²) in [6.45, 7) is 5.40. The van der Waals surface area contributed by atoms with E-state index in [1.165, 1.54) is 21.9 Å². The fourth-order valence-corrected chi connectivity index (χ4v) is 5.61. The molecule has 0 spiro atoms. The molecule has 1 aromatic carbocycles. The lowest BCUT2D eigenvalue weighted by molar-refractivity contribution is -0.141. The fraction of sp³-hybridized carbons (Fsp3) is 0.636. The second-order valence-corrected chi connectivity index (χ2v) is 11.8. The Morgan fingerprint density at radius 2 is 1.70 bits per heavy atom. The first-order valence-electron chi connectivity index (χ1n) is 10.8. The van der Waals surface area contributed by atoms with Crippen molar-refractivity contribution in [3.05, 3.63) is 35.4 Å². The second-order valence-electron chi connectivity index (χ2n) is 9.52. The highest BCUT2D eigenvalue weighted by Crippen LogP contribution is 2.35. The van der Waals surface area contributed by atoms with Crippen molar-refractivity contribution in [2.75, 3.05) is 31.1 Å². The van der Waals surface area contributed by atoms with Gasteiger partial charge >= 0.3 is 12.3 Å². The van der Waals surface area contributed by atoms with Crippen molar-refractivity contribution in [1.82, 2.24) is 9.80 Å². The number of nitrogens with zero attached hydrogens (tertiary/aromatic N) is 2. The monoisotopic (exact) mass is 490 g/mol. The Morgan fingerprint density at radius 1 is 1.06 bits per heavy atom. The predicted octanol–water partition coefficient (Wildman–Crippen LogP) is 3.65. The third-order valence-electron chi connectivity index (χ3n) is 5.82. The normalized spacial score (nSPS) is 22.2. The van der Waals surface area contributed by atoms with Gasteiger partial charge in [0.05, 0.1) is 23.1 Å². The number of halogens is 3. The zero-order valence-corrected chi connectivity index (χ0v) is 19.7. The van der Waals surface area contributed by atoms with Crippen molar-refractivity contribution in [2.45, 2.75) is 51.4 Å². The van der Waals surface area contributed by atoms with Gasteiger partial charge in [-0.3, -0.25) is 4.79 Å². The molecular weight excluding hydrogens is 461 g/mol. The maximum absolute atomic E-state index is 13.3. The SMILES string of the molecule is CC(C)(C)OC(=O)N1CCN(C(=O)C2CCS(=O)(=O)CC2)C(c2cccc(C(F)(F)F)c2)C1. The number of alkyl halides is 3. The van der Waals surface area contributed by atoms with Gasteiger partial charge in [-0.15, -0.1) is 0 Å². The molecule has 0 aliphatic carbocycles. The van der Waals surface area contributed by atoms with Crippen molar-refractivity contribution < 1.29 is 35.9 Å². The Bertz CT molecular complexity index is 990. The van der Waals surface area contributed by atoms with Crippen LogP contribution in [0.15, 0.2) is 24.3 Å². The van der Waals surface area contributed by atoms with Crippen LogP contribution in [0.3, 0.4) is 0 Å². The fourth-order valence-electron chi connectivity index (χ4n) is 4.12. The summed E-state index contributed by atoms with van der Waals surface area (Å²) >= 11 is 0. The number of hydrogen-bond acceptors (Lipinski definition) is 5. The Morgan fingerprint density at radius 3 is 2.27 bits per heavy atom. The molecule has 3 rings (SSSR count). The molecule has 0 N–H and O–H groups in total. The molecule has 0 bridgehead atoms. The molecule has 33 heavy (non-hydrogen) atoms. The van der Waals surface area contributed by atoms with E-state index in [2.05, 4.69) is 0 Å². The van der Waals surface area contributed by atoms with Crippen LogP contribution < -0.4 is 0 Å². The molecule has 1 atom stereocenters. The molecule has 184 valence electrons. The van der Waals surface area contributed by atoms with E-state index in [9.17, 15) is 31.2 Å². The van der Waals surface area contributed by atoms with Crippen LogP contribution in [0.25, 0.3) is 0 Å². The van der Waals surface area contributed by atoms with Crippen molar-refractivity contribution in [3.8, 4) is 0 Å². The third-order valence-corrected chi connectivity index (χ3v) is 7.53. The summed E-state index contributed by atoms with van der Waals surface area (Å²) in [5, 5.41) is 0. The van der Waals surface area contributed by atoms with Crippen LogP contribution in [0, 0.1) is 5.92 Å². The van der Waals surface area contributed by atoms with Crippen LogP contribution in [-0.4, -0.2) is 67.0 Å². The first kappa shape index (κ1) is 25.3. The molecular formula is C22H29F3N2O5S. The molecule has 2 aliphatic rings. The topological polar surface area (TPSA) is 84.0 Å². The van der Waals surface area contributed by atoms with Gasteiger partial charge in [-0.05, 0) is 51.3 Å². The Labute approximate surface area is 191 Å². The molecule has 2 heterocycles. The number of benzene rings is 1. The molecule has 2 saturated heterocycles. The van der Waals surface area contributed by atoms with E-state index in [1.807, 2.05) is 0 Å². The molecule has 2 amide bonds. The van der Waals surface area contributed by atoms with Gasteiger partial charge in [0.15, 0.2) is 0 Å². The Kier molecular flexibility index (Phi) is 7.02. The maximum Gasteiger partial charge on any atom is 0.416 e. The Balaban J connectivity index is 1.89. The summed E-state index contributed by atoms with van der Waals surface area (Å²) in [6.07, 6.45) is -4.79. The van der Waals surface area contributed by atoms with Crippen LogP contribution >= 0.6 is 0 Å². The van der Waals surface area contributed by atoms with Gasteiger partial charge < -0.3 is 14.5 Å². The minimum absolute atomic E-state index is 0.0209. The van der Waals surface area contributed by atoms with Gasteiger partial charge in [0.25, 0.3) is 0 Å². The highest BCUT2D eigenvalue weighted by Gasteiger charge is 2.40. The average molecular weight is 491 g/mol. The molecule has 0 aromatic heterocycles. The Hall–Kier alpha value is -2.30. The van der Waals surface area contributed by atoms with Crippen LogP contribution in [0.4, 0.5) is 18.0 Å². The predicted molar refractivity (Wildman–Crippen MR) is 115 cm³/mol. The smallest absolute Gasteiger partial charge is 0.416 e. The van der Waals surface area contributed by atoms with E-state index in [1.54, 1.807) is 20.8 Å². The zero-order chi connectivity index (χ0) is 24.6. The molecule has 1 aromatic rings. The summed E-state index contributed by atoms with van der Waals surface area (Å²) in [5.41, 5.74) is -1.33. The minimum Gasteiger partial charge on any atom is -0.444 e. The van der Waals surface area contributed by atoms with Gasteiger partial charge in [0.2, 0.25) is 5.91 Å². The highest BCUT2D eigenvalue weighted by atomic mass is 32.2. The van der Waals surface area contributed by atoms with E-state index in [4.69, 9.17) is 4.74 Å². The molecule has 2 aliphatic heterocycles. The maximum atomic E-state index is 13.3. The van der Waals surface area contributed by atoms with E-state index in [0.29, 0.717) is 0 Å². The van der Waals surface area contributed by atoms with Gasteiger partial charge in [0, 0.05) is 25.6 Å². The number of ether oxygens (including phenoxy) is 1. The number of sulfone groups is 1. The number of carbonyl (C=O) groups is 2. The number of amides is 2. The summed E-state index contributed by atoms with van der Waals surface area (Å²) in [6, 6.07) is 3.93. The lowest BCUT2D eigenvalue weighted by Gasteiger charge is -2.43. The molecule has 0 saturated carbocycles. The molecule has 2 fully saturated rings. The van der Waals surface area contributed by atoms with Crippen molar-refractivity contribution in [3.63, 3.8) is 0 Å². The zero-order valence-electron chi connectivity index (χ0n) is 18.9. The van der Waals surface area contributed by atoms with E-state index >= 15 is 0 Å². The second kappa shape index (κ2) is 9.15. The van der Waals surface area contributed by atoms with Crippen LogP contribution in [0.5, 0.6) is 0 Å². The summed E-state index contributed by atoms with van der Waals surface area (Å²) in [4.78, 5) is 28.8. The van der Waals surface area contributed by atoms with Crippen LogP contribution in [0.1, 0.15) is 50.8 Å². The first-order valence-corrected chi connectivity index (χ1v) is 12.6. The van der Waals surface area contributed by atoms with E-state index in [0.717, 1.165) is 12.1 Å². The summed E-state index contributed by atoms with van der Waals surface area (Å²) in [5.74, 6) is -0.989. The summed E-state index contributed by atoms with van der Waals surface area (Å²) in [7, 11) is -3.17. The largest absolute Gasteiger partial charge is 0.444 e. The van der Waals surface area contributed by atoms with E-state index < -0.39 is 45.2 Å². The molecule has 7 nitrogen and oxygen atoms in total. The van der Waals surface area contributed by atoms with Crippen molar-refractivity contribution in [2.24, 2.45) is 5.92 Å². The highest BCUT2D eigenvalue weighted by molar-refractivity contribution is 7.91. The van der Waals surface area contributed by atoms with Gasteiger partial charge in [-0.2, -0.15) is 13.2 Å².